The van der Waals surface area contributed by atoms with Gasteiger partial charge in [-0.05, 0) is 65.1 Å². The second-order valence-corrected chi connectivity index (χ2v) is 17.0. The number of esters is 3. The van der Waals surface area contributed by atoms with E-state index >= 15 is 0 Å². The third-order valence-electron chi connectivity index (χ3n) is 10.5. The second kappa shape index (κ2) is 24.4. The van der Waals surface area contributed by atoms with E-state index in [2.05, 4.69) is 10.7 Å². The normalized spacial score (nSPS) is 18.4. The molecule has 1 fully saturated rings. The third-order valence-corrected chi connectivity index (χ3v) is 12.1. The zero-order chi connectivity index (χ0) is 49.6. The lowest BCUT2D eigenvalue weighted by Crippen LogP contribution is -2.62. The van der Waals surface area contributed by atoms with Crippen LogP contribution in [0.1, 0.15) is 55.5 Å². The Labute approximate surface area is 406 Å². The van der Waals surface area contributed by atoms with E-state index in [1.165, 1.54) is 39.2 Å². The Hall–Kier alpha value is -6.97. The molecule has 0 spiro atoms. The van der Waals surface area contributed by atoms with Crippen LogP contribution in [-0.2, 0) is 62.4 Å². The summed E-state index contributed by atoms with van der Waals surface area (Å²) in [5, 5.41) is 2.93. The maximum atomic E-state index is 14.2. The molecule has 5 atom stereocenters. The lowest BCUT2D eigenvalue weighted by atomic mass is 9.95. The van der Waals surface area contributed by atoms with E-state index in [0.717, 1.165) is 30.7 Å². The number of hydrogen-bond acceptors (Lipinski definition) is 18. The number of ether oxygens (including phenoxy) is 9. The molecule has 4 aromatic carbocycles. The number of aryl methyl sites for hydroxylation is 1. The molecule has 1 aliphatic heterocycles. The highest BCUT2D eigenvalue weighted by molar-refractivity contribution is 8.12. The van der Waals surface area contributed by atoms with Gasteiger partial charge in [-0.1, -0.05) is 66.7 Å². The average Bonchev–Trinajstić information content (AvgIpc) is 3.58. The summed E-state index contributed by atoms with van der Waals surface area (Å²) < 4.78 is 52.3. The van der Waals surface area contributed by atoms with Gasteiger partial charge in [0.1, 0.15) is 13.2 Å². The Morgan fingerprint density at radius 2 is 1.39 bits per heavy atom. The predicted octanol–water partition coefficient (Wildman–Crippen LogP) is 6.67. The molecule has 0 saturated carbocycles. The summed E-state index contributed by atoms with van der Waals surface area (Å²) in [7, 11) is 4.48. The first-order chi connectivity index (χ1) is 33.2. The zero-order valence-electron chi connectivity index (χ0n) is 38.8. The van der Waals surface area contributed by atoms with Gasteiger partial charge in [-0.3, -0.25) is 24.2 Å². The van der Waals surface area contributed by atoms with Crippen LogP contribution in [-0.4, -0.2) is 98.4 Å². The van der Waals surface area contributed by atoms with Crippen LogP contribution in [0.15, 0.2) is 99.6 Å². The summed E-state index contributed by atoms with van der Waals surface area (Å²) in [5.74, 6) is -1.26. The van der Waals surface area contributed by atoms with Crippen molar-refractivity contribution in [3.63, 3.8) is 0 Å². The number of amidine groups is 1. The maximum absolute atomic E-state index is 14.2. The van der Waals surface area contributed by atoms with E-state index < -0.39 is 60.7 Å². The molecule has 2 N–H and O–H groups in total. The van der Waals surface area contributed by atoms with Gasteiger partial charge in [-0.2, -0.15) is 0 Å². The summed E-state index contributed by atoms with van der Waals surface area (Å²) >= 11 is 1.79. The highest BCUT2D eigenvalue weighted by atomic mass is 32.2. The topological polar surface area (TPSA) is 225 Å². The lowest BCUT2D eigenvalue weighted by molar-refractivity contribution is -0.227. The zero-order valence-corrected chi connectivity index (χ0v) is 40.5. The van der Waals surface area contributed by atoms with Crippen molar-refractivity contribution in [2.75, 3.05) is 34.2 Å². The van der Waals surface area contributed by atoms with Crippen molar-refractivity contribution in [1.29, 1.82) is 0 Å². The van der Waals surface area contributed by atoms with E-state index in [1.807, 2.05) is 6.07 Å². The monoisotopic (exact) mass is 988 g/mol. The molecule has 19 nitrogen and oxygen atoms in total. The molecule has 5 unspecified atom stereocenters. The van der Waals surface area contributed by atoms with Gasteiger partial charge < -0.3 is 47.9 Å². The van der Waals surface area contributed by atoms with E-state index in [-0.39, 0.29) is 36.8 Å². The SMILES string of the molecule is COc1cc2c(c(OC)c1OC)-c1ccc(SC)c(=O)cc1C(N=C(NC1OCC(OC(C)=O)C(OC(C)=O)C1OC(C)=O)SN(NC(=O)OCc1ccccc1)C(=O)OCc1ccccc1)CC2. The van der Waals surface area contributed by atoms with Gasteiger partial charge >= 0.3 is 30.1 Å². The molecule has 366 valence electrons. The number of rotatable bonds is 13. The molecule has 0 radical (unpaired) electrons. The fourth-order valence-electron chi connectivity index (χ4n) is 7.60. The van der Waals surface area contributed by atoms with Gasteiger partial charge in [0.05, 0.1) is 50.8 Å². The van der Waals surface area contributed by atoms with Crippen LogP contribution >= 0.6 is 23.7 Å². The predicted molar refractivity (Wildman–Crippen MR) is 253 cm³/mol. The number of nitrogens with zero attached hydrogens (tertiary/aromatic N) is 2. The molecule has 4 aromatic rings. The molecular weight excluding hydrogens is 937 g/mol. The van der Waals surface area contributed by atoms with Crippen molar-refractivity contribution in [3.05, 3.63) is 117 Å². The highest BCUT2D eigenvalue weighted by Gasteiger charge is 2.48. The van der Waals surface area contributed by atoms with Crippen LogP contribution in [0.4, 0.5) is 9.59 Å². The smallest absolute Gasteiger partial charge is 0.440 e. The fourth-order valence-corrected chi connectivity index (χ4v) is 8.83. The first-order valence-electron chi connectivity index (χ1n) is 21.4. The molecule has 0 aromatic heterocycles. The van der Waals surface area contributed by atoms with Crippen molar-refractivity contribution >= 4 is 59.0 Å². The Bertz CT molecular complexity index is 2590. The first kappa shape index (κ1) is 51.4. The van der Waals surface area contributed by atoms with Gasteiger partial charge in [0.15, 0.2) is 46.6 Å². The Balaban J connectivity index is 1.51. The van der Waals surface area contributed by atoms with Crippen LogP contribution < -0.4 is 30.4 Å². The fraction of sp³-hybridized carbons (Fsp3) is 0.354. The Morgan fingerprint density at radius 3 is 1.99 bits per heavy atom. The third kappa shape index (κ3) is 13.4. The minimum atomic E-state index is -1.50. The molecule has 69 heavy (non-hydrogen) atoms. The number of methoxy groups -OCH3 is 3. The quantitative estimate of drug-likeness (QED) is 0.0271. The van der Waals surface area contributed by atoms with Crippen molar-refractivity contribution in [3.8, 4) is 28.4 Å². The number of nitrogens with one attached hydrogen (secondary N) is 2. The Morgan fingerprint density at radius 1 is 0.768 bits per heavy atom. The standard InChI is InChI=1S/C48H52N4O15S2/c1-27(53)65-38-26-62-45(44(67-29(3)55)42(38)66-28(2)54)50-46(69-52(48(58)64-25-31-16-12-9-13-17-31)51-47(57)63-24-30-14-10-8-11-15-30)49-35-20-18-32-22-37(59-4)41(60-5)43(61-6)40(32)33-19-21-39(68-7)36(56)23-34(33)35/h8-17,19,21-23,35,38,42,44-45H,18,20,24-26H2,1-7H3,(H,49,50)(H,51,57). The van der Waals surface area contributed by atoms with Gasteiger partial charge in [-0.15, -0.1) is 16.2 Å². The van der Waals surface area contributed by atoms with Crippen molar-refractivity contribution in [1.82, 2.24) is 15.2 Å². The molecule has 0 bridgehead atoms. The number of aliphatic imine (C=N–C) groups is 1. The first-order valence-corrected chi connectivity index (χ1v) is 23.4. The molecule has 1 saturated heterocycles. The number of carbonyl (C=O) groups is 5. The van der Waals surface area contributed by atoms with Crippen molar-refractivity contribution in [2.45, 2.75) is 82.3 Å². The Kier molecular flexibility index (Phi) is 18.1. The van der Waals surface area contributed by atoms with Gasteiger partial charge in [-0.25, -0.2) is 15.0 Å². The van der Waals surface area contributed by atoms with Gasteiger partial charge in [0.2, 0.25) is 5.75 Å². The maximum Gasteiger partial charge on any atom is 0.440 e. The van der Waals surface area contributed by atoms with E-state index in [9.17, 15) is 28.8 Å². The molecular formula is C48H52N4O15S2. The largest absolute Gasteiger partial charge is 0.493 e. The summed E-state index contributed by atoms with van der Waals surface area (Å²) in [6.45, 7) is 2.68. The van der Waals surface area contributed by atoms with Gasteiger partial charge in [0, 0.05) is 26.3 Å². The molecule has 2 amide bonds. The van der Waals surface area contributed by atoms with Crippen LogP contribution in [0.3, 0.4) is 0 Å². The van der Waals surface area contributed by atoms with E-state index in [1.54, 1.807) is 79.1 Å². The summed E-state index contributed by atoms with van der Waals surface area (Å²) in [4.78, 5) is 84.7. The summed E-state index contributed by atoms with van der Waals surface area (Å²) in [5.41, 5.74) is 5.82. The molecule has 2 aliphatic rings. The number of fused-ring (bicyclic) bond motifs is 3. The lowest BCUT2D eigenvalue weighted by Gasteiger charge is -2.41. The molecule has 21 heteroatoms. The number of benzene rings is 3. The van der Waals surface area contributed by atoms with Crippen LogP contribution in [0.2, 0.25) is 0 Å². The number of amides is 2. The molecule has 1 heterocycles. The number of hydrogen-bond donors (Lipinski definition) is 2. The number of carbonyl (C=O) groups excluding carboxylic acids is 5. The van der Waals surface area contributed by atoms with Gasteiger partial charge in [0.25, 0.3) is 0 Å². The number of hydrazine groups is 1. The van der Waals surface area contributed by atoms with Crippen molar-refractivity contribution in [2.24, 2.45) is 4.99 Å². The van der Waals surface area contributed by atoms with E-state index in [4.69, 9.17) is 47.6 Å². The average molecular weight is 989 g/mol. The summed E-state index contributed by atoms with van der Waals surface area (Å²) in [6, 6.07) is 23.6. The minimum Gasteiger partial charge on any atom is -0.493 e. The summed E-state index contributed by atoms with van der Waals surface area (Å²) in [6.07, 6.45) is -5.31. The van der Waals surface area contributed by atoms with E-state index in [0.29, 0.717) is 68.3 Å². The minimum absolute atomic E-state index is 0.157. The van der Waals surface area contributed by atoms with Crippen molar-refractivity contribution < 1.29 is 66.6 Å². The molecule has 1 aliphatic carbocycles. The number of thioether (sulfide) groups is 1. The second-order valence-electron chi connectivity index (χ2n) is 15.2. The van der Waals surface area contributed by atoms with Crippen LogP contribution in [0, 0.1) is 0 Å². The molecule has 6 rings (SSSR count). The van der Waals surface area contributed by atoms with Crippen LogP contribution in [0.25, 0.3) is 11.1 Å². The van der Waals surface area contributed by atoms with Crippen LogP contribution in [0.5, 0.6) is 17.2 Å². The highest BCUT2D eigenvalue weighted by Crippen LogP contribution is 2.51.